The van der Waals surface area contributed by atoms with Gasteiger partial charge in [0, 0.05) is 24.7 Å². The molecule has 0 aliphatic carbocycles. The molecule has 3 N–H and O–H groups in total. The number of ketones is 1. The predicted octanol–water partition coefficient (Wildman–Crippen LogP) is -0.630. The van der Waals surface area contributed by atoms with Gasteiger partial charge in [-0.25, -0.2) is 0 Å². The van der Waals surface area contributed by atoms with Gasteiger partial charge < -0.3 is 32.9 Å². The Kier molecular flexibility index (Phi) is 11.1. The van der Waals surface area contributed by atoms with E-state index < -0.39 is 6.10 Å². The van der Waals surface area contributed by atoms with Gasteiger partial charge in [-0.3, -0.25) is 9.59 Å². The van der Waals surface area contributed by atoms with Crippen LogP contribution in [0, 0.1) is 0 Å². The van der Waals surface area contributed by atoms with E-state index in [-0.39, 0.29) is 36.7 Å². The summed E-state index contributed by atoms with van der Waals surface area (Å²) in [4.78, 5) is 23.5. The second-order valence-corrected chi connectivity index (χ2v) is 6.09. The van der Waals surface area contributed by atoms with Crippen molar-refractivity contribution in [3.05, 3.63) is 23.8 Å². The van der Waals surface area contributed by atoms with Gasteiger partial charge in [-0.15, -0.1) is 0 Å². The Labute approximate surface area is 155 Å². The largest absolute Gasteiger partial charge is 1.00 e. The molecule has 1 unspecified atom stereocenters. The third-order valence-electron chi connectivity index (χ3n) is 3.31. The Morgan fingerprint density at radius 1 is 1.28 bits per heavy atom. The average Bonchev–Trinajstić information content (AvgIpc) is 2.51. The molecule has 1 atom stereocenters. The van der Waals surface area contributed by atoms with E-state index in [4.69, 9.17) is 4.74 Å². The van der Waals surface area contributed by atoms with Gasteiger partial charge >= 0.3 is 0 Å². The summed E-state index contributed by atoms with van der Waals surface area (Å²) in [5.41, 5.74) is 0.946. The van der Waals surface area contributed by atoms with Crippen LogP contribution >= 0.6 is 0 Å². The molecular formula is C18H28ClN2O4-. The van der Waals surface area contributed by atoms with Gasteiger partial charge in [0.05, 0.1) is 5.56 Å². The van der Waals surface area contributed by atoms with Crippen LogP contribution in [0.25, 0.3) is 0 Å². The molecule has 25 heavy (non-hydrogen) atoms. The molecule has 1 amide bonds. The first-order valence-corrected chi connectivity index (χ1v) is 8.32. The van der Waals surface area contributed by atoms with Crippen LogP contribution in [-0.2, 0) is 4.79 Å². The van der Waals surface area contributed by atoms with Crippen molar-refractivity contribution in [1.29, 1.82) is 0 Å². The van der Waals surface area contributed by atoms with Crippen molar-refractivity contribution in [1.82, 2.24) is 5.32 Å². The molecule has 0 saturated heterocycles. The van der Waals surface area contributed by atoms with Crippen LogP contribution in [0.3, 0.4) is 0 Å². The smallest absolute Gasteiger partial charge is 0.224 e. The number of Topliss-reactive ketones (excluding diaryl/α,β-unsaturated/α-hetero) is 1. The third kappa shape index (κ3) is 8.86. The van der Waals surface area contributed by atoms with E-state index in [0.717, 1.165) is 6.42 Å². The van der Waals surface area contributed by atoms with E-state index in [0.29, 0.717) is 30.0 Å². The maximum absolute atomic E-state index is 11.8. The van der Waals surface area contributed by atoms with Crippen LogP contribution in [0.2, 0.25) is 0 Å². The van der Waals surface area contributed by atoms with Crippen molar-refractivity contribution in [2.24, 2.45) is 0 Å². The topological polar surface area (TPSA) is 87.7 Å². The van der Waals surface area contributed by atoms with Crippen LogP contribution in [-0.4, -0.2) is 42.1 Å². The molecular weight excluding hydrogens is 344 g/mol. The zero-order valence-electron chi connectivity index (χ0n) is 15.3. The van der Waals surface area contributed by atoms with Crippen molar-refractivity contribution in [3.63, 3.8) is 0 Å². The number of hydrogen-bond acceptors (Lipinski definition) is 5. The zero-order valence-corrected chi connectivity index (χ0v) is 16.0. The van der Waals surface area contributed by atoms with E-state index in [2.05, 4.69) is 10.6 Å². The van der Waals surface area contributed by atoms with Gasteiger partial charge in [0.25, 0.3) is 0 Å². The highest BCUT2D eigenvalue weighted by atomic mass is 35.5. The molecule has 0 radical (unpaired) electrons. The number of benzene rings is 1. The first-order chi connectivity index (χ1) is 11.3. The molecule has 0 aliphatic heterocycles. The van der Waals surface area contributed by atoms with E-state index in [9.17, 15) is 14.7 Å². The van der Waals surface area contributed by atoms with Crippen molar-refractivity contribution in [3.8, 4) is 5.75 Å². The minimum atomic E-state index is -0.670. The number of nitrogens with one attached hydrogen (secondary N) is 2. The van der Waals surface area contributed by atoms with Crippen LogP contribution in [0.4, 0.5) is 5.69 Å². The first-order valence-electron chi connectivity index (χ1n) is 8.32. The summed E-state index contributed by atoms with van der Waals surface area (Å²) in [5, 5.41) is 15.8. The fraction of sp³-hybridized carbons (Fsp3) is 0.556. The van der Waals surface area contributed by atoms with Crippen molar-refractivity contribution in [2.45, 2.75) is 52.7 Å². The lowest BCUT2D eigenvalue weighted by Crippen LogP contribution is -3.00. The lowest BCUT2D eigenvalue weighted by Gasteiger charge is -2.17. The minimum absolute atomic E-state index is 0. The molecule has 0 aromatic heterocycles. The fourth-order valence-corrected chi connectivity index (χ4v) is 2.08. The van der Waals surface area contributed by atoms with Crippen LogP contribution in [0.15, 0.2) is 18.2 Å². The summed E-state index contributed by atoms with van der Waals surface area (Å²) in [6.45, 7) is 7.85. The standard InChI is InChI=1S/C18H28N2O4.ClH/c1-5-6-18(23)20-14-7-8-17(16(9-14)13(4)21)24-11-15(22)10-19-12(2)3;/h7-9,12,15,19,22H,5-6,10-11H2,1-4H3,(H,20,23);1H/p-1. The molecule has 142 valence electrons. The Morgan fingerprint density at radius 3 is 2.52 bits per heavy atom. The van der Waals surface area contributed by atoms with Crippen LogP contribution < -0.4 is 27.8 Å². The predicted molar refractivity (Wildman–Crippen MR) is 94.6 cm³/mol. The summed E-state index contributed by atoms with van der Waals surface area (Å²) >= 11 is 0. The van der Waals surface area contributed by atoms with Crippen molar-refractivity contribution >= 4 is 17.4 Å². The molecule has 0 fully saturated rings. The average molecular weight is 372 g/mol. The summed E-state index contributed by atoms with van der Waals surface area (Å²) < 4.78 is 5.58. The van der Waals surface area contributed by atoms with E-state index in [1.807, 2.05) is 20.8 Å². The van der Waals surface area contributed by atoms with E-state index in [1.165, 1.54) is 6.92 Å². The Balaban J connectivity index is 0.00000576. The summed E-state index contributed by atoms with van der Waals surface area (Å²) in [6.07, 6.45) is 0.522. The zero-order chi connectivity index (χ0) is 18.1. The monoisotopic (exact) mass is 371 g/mol. The van der Waals surface area contributed by atoms with Gasteiger partial charge in [-0.1, -0.05) is 20.8 Å². The molecule has 1 rings (SSSR count). The van der Waals surface area contributed by atoms with Gasteiger partial charge in [0.15, 0.2) is 5.78 Å². The normalized spacial score (nSPS) is 11.6. The van der Waals surface area contributed by atoms with Crippen molar-refractivity contribution < 1.29 is 31.8 Å². The summed E-state index contributed by atoms with van der Waals surface area (Å²) in [5.74, 6) is 0.154. The number of anilines is 1. The number of carbonyl (C=O) groups excluding carboxylic acids is 2. The molecule has 1 aromatic rings. The van der Waals surface area contributed by atoms with Gasteiger partial charge in [-0.05, 0) is 31.5 Å². The minimum Gasteiger partial charge on any atom is -1.00 e. The van der Waals surface area contributed by atoms with E-state index >= 15 is 0 Å². The lowest BCUT2D eigenvalue weighted by molar-refractivity contribution is -0.116. The molecule has 0 spiro atoms. The number of ether oxygens (including phenoxy) is 1. The highest BCUT2D eigenvalue weighted by Crippen LogP contribution is 2.24. The van der Waals surface area contributed by atoms with Crippen molar-refractivity contribution in [2.75, 3.05) is 18.5 Å². The Morgan fingerprint density at radius 2 is 1.96 bits per heavy atom. The van der Waals surface area contributed by atoms with E-state index in [1.54, 1.807) is 18.2 Å². The maximum atomic E-state index is 11.8. The Bertz CT molecular complexity index is 564. The molecule has 0 aliphatic rings. The summed E-state index contributed by atoms with van der Waals surface area (Å²) in [7, 11) is 0. The number of aliphatic hydroxyl groups is 1. The van der Waals surface area contributed by atoms with Gasteiger partial charge in [0.1, 0.15) is 18.5 Å². The molecule has 7 heteroatoms. The molecule has 0 bridgehead atoms. The molecule has 6 nitrogen and oxygen atoms in total. The number of aliphatic hydroxyl groups excluding tert-OH is 1. The highest BCUT2D eigenvalue weighted by Gasteiger charge is 2.13. The van der Waals surface area contributed by atoms with Crippen LogP contribution in [0.1, 0.15) is 50.9 Å². The third-order valence-corrected chi connectivity index (χ3v) is 3.31. The lowest BCUT2D eigenvalue weighted by atomic mass is 10.1. The number of halogens is 1. The maximum Gasteiger partial charge on any atom is 0.224 e. The highest BCUT2D eigenvalue weighted by molar-refractivity contribution is 5.99. The number of carbonyl (C=O) groups is 2. The SMILES string of the molecule is CCCC(=O)Nc1ccc(OCC(O)CNC(C)C)c(C(C)=O)c1.[Cl-]. The quantitative estimate of drug-likeness (QED) is 0.477. The van der Waals surface area contributed by atoms with Gasteiger partial charge in [0.2, 0.25) is 5.91 Å². The molecule has 1 aromatic carbocycles. The van der Waals surface area contributed by atoms with Gasteiger partial charge in [-0.2, -0.15) is 0 Å². The number of amides is 1. The second-order valence-electron chi connectivity index (χ2n) is 6.09. The Hall–Kier alpha value is -1.63. The number of hydrogen-bond donors (Lipinski definition) is 3. The fourth-order valence-electron chi connectivity index (χ4n) is 2.08. The van der Waals surface area contributed by atoms with Crippen LogP contribution in [0.5, 0.6) is 5.75 Å². The number of rotatable bonds is 10. The molecule has 0 heterocycles. The first kappa shape index (κ1) is 23.4. The summed E-state index contributed by atoms with van der Waals surface area (Å²) in [6, 6.07) is 5.21. The second kappa shape index (κ2) is 11.8. The molecule has 0 saturated carbocycles.